The Balaban J connectivity index is 2.41. The van der Waals surface area contributed by atoms with Gasteiger partial charge in [-0.1, -0.05) is 26.2 Å². The van der Waals surface area contributed by atoms with Crippen LogP contribution in [0.15, 0.2) is 0 Å². The van der Waals surface area contributed by atoms with E-state index in [4.69, 9.17) is 4.74 Å². The molecule has 0 spiro atoms. The third-order valence-electron chi connectivity index (χ3n) is 2.85. The van der Waals surface area contributed by atoms with Gasteiger partial charge in [0.2, 0.25) is 0 Å². The van der Waals surface area contributed by atoms with Gasteiger partial charge in [0.1, 0.15) is 6.10 Å². The standard InChI is InChI=1S/C11H20O2/c1-9-7-5-3-4-6-8-11(9)13-10(2)12/h9,11H,3-8H2,1-2H3. The Hall–Kier alpha value is -0.530. The summed E-state index contributed by atoms with van der Waals surface area (Å²) in [5, 5.41) is 0. The fourth-order valence-electron chi connectivity index (χ4n) is 2.02. The molecule has 0 aliphatic heterocycles. The van der Waals surface area contributed by atoms with Gasteiger partial charge in [-0.05, 0) is 25.2 Å². The predicted molar refractivity (Wildman–Crippen MR) is 52.4 cm³/mol. The van der Waals surface area contributed by atoms with E-state index in [1.807, 2.05) is 0 Å². The molecule has 1 fully saturated rings. The summed E-state index contributed by atoms with van der Waals surface area (Å²) in [5.41, 5.74) is 0. The lowest BCUT2D eigenvalue weighted by Gasteiger charge is -2.25. The molecule has 1 rings (SSSR count). The zero-order chi connectivity index (χ0) is 9.68. The first-order chi connectivity index (χ1) is 6.20. The van der Waals surface area contributed by atoms with Gasteiger partial charge in [0, 0.05) is 6.92 Å². The highest BCUT2D eigenvalue weighted by molar-refractivity contribution is 5.66. The largest absolute Gasteiger partial charge is 0.462 e. The molecule has 0 aromatic heterocycles. The molecule has 1 saturated carbocycles. The lowest BCUT2D eigenvalue weighted by atomic mass is 9.90. The Morgan fingerprint density at radius 1 is 1.15 bits per heavy atom. The highest BCUT2D eigenvalue weighted by Gasteiger charge is 2.20. The molecule has 1 aliphatic rings. The summed E-state index contributed by atoms with van der Waals surface area (Å²) in [6.45, 7) is 3.70. The summed E-state index contributed by atoms with van der Waals surface area (Å²) < 4.78 is 5.30. The van der Waals surface area contributed by atoms with E-state index in [-0.39, 0.29) is 12.1 Å². The second-order valence-corrected chi connectivity index (χ2v) is 4.12. The van der Waals surface area contributed by atoms with Gasteiger partial charge in [0.25, 0.3) is 0 Å². The van der Waals surface area contributed by atoms with Crippen LogP contribution in [0.1, 0.15) is 52.4 Å². The molecule has 13 heavy (non-hydrogen) atoms. The van der Waals surface area contributed by atoms with Crippen LogP contribution in [0.3, 0.4) is 0 Å². The van der Waals surface area contributed by atoms with E-state index in [0.717, 1.165) is 6.42 Å². The SMILES string of the molecule is CC(=O)OC1CCCCCCC1C. The summed E-state index contributed by atoms with van der Waals surface area (Å²) in [6.07, 6.45) is 7.58. The molecule has 0 bridgehead atoms. The molecular weight excluding hydrogens is 164 g/mol. The highest BCUT2D eigenvalue weighted by atomic mass is 16.5. The minimum absolute atomic E-state index is 0.127. The van der Waals surface area contributed by atoms with Gasteiger partial charge >= 0.3 is 5.97 Å². The summed E-state index contributed by atoms with van der Waals surface area (Å²) in [5.74, 6) is 0.418. The summed E-state index contributed by atoms with van der Waals surface area (Å²) >= 11 is 0. The van der Waals surface area contributed by atoms with Crippen molar-refractivity contribution in [1.82, 2.24) is 0 Å². The zero-order valence-corrected chi connectivity index (χ0v) is 8.71. The maximum absolute atomic E-state index is 10.8. The minimum Gasteiger partial charge on any atom is -0.462 e. The van der Waals surface area contributed by atoms with E-state index in [1.54, 1.807) is 0 Å². The second kappa shape index (κ2) is 5.25. The lowest BCUT2D eigenvalue weighted by Crippen LogP contribution is -2.25. The molecule has 2 nitrogen and oxygen atoms in total. The van der Waals surface area contributed by atoms with Crippen molar-refractivity contribution in [3.8, 4) is 0 Å². The molecule has 0 N–H and O–H groups in total. The normalized spacial score (nSPS) is 30.3. The monoisotopic (exact) mass is 184 g/mol. The van der Waals surface area contributed by atoms with E-state index in [0.29, 0.717) is 5.92 Å². The molecule has 0 saturated heterocycles. The number of esters is 1. The van der Waals surface area contributed by atoms with Crippen molar-refractivity contribution >= 4 is 5.97 Å². The molecule has 2 unspecified atom stereocenters. The van der Waals surface area contributed by atoms with Crippen LogP contribution in [0, 0.1) is 5.92 Å². The van der Waals surface area contributed by atoms with E-state index in [2.05, 4.69) is 6.92 Å². The van der Waals surface area contributed by atoms with Crippen LogP contribution >= 0.6 is 0 Å². The van der Waals surface area contributed by atoms with E-state index >= 15 is 0 Å². The average Bonchev–Trinajstić information content (AvgIpc) is 2.04. The van der Waals surface area contributed by atoms with Gasteiger partial charge in [-0.15, -0.1) is 0 Å². The van der Waals surface area contributed by atoms with Crippen LogP contribution in [-0.4, -0.2) is 12.1 Å². The van der Waals surface area contributed by atoms with E-state index < -0.39 is 0 Å². The van der Waals surface area contributed by atoms with Crippen LogP contribution in [-0.2, 0) is 9.53 Å². The van der Waals surface area contributed by atoms with Gasteiger partial charge in [-0.2, -0.15) is 0 Å². The fourth-order valence-corrected chi connectivity index (χ4v) is 2.02. The second-order valence-electron chi connectivity index (χ2n) is 4.12. The van der Waals surface area contributed by atoms with Crippen LogP contribution < -0.4 is 0 Å². The van der Waals surface area contributed by atoms with Crippen LogP contribution in [0.5, 0.6) is 0 Å². The first-order valence-electron chi connectivity index (χ1n) is 5.37. The molecule has 0 aromatic rings. The van der Waals surface area contributed by atoms with E-state index in [1.165, 1.54) is 39.0 Å². The molecule has 0 aromatic carbocycles. The third-order valence-corrected chi connectivity index (χ3v) is 2.85. The van der Waals surface area contributed by atoms with Crippen molar-refractivity contribution in [1.29, 1.82) is 0 Å². The van der Waals surface area contributed by atoms with Gasteiger partial charge in [0.05, 0.1) is 0 Å². The Bertz CT molecular complexity index is 165. The molecule has 2 heteroatoms. The smallest absolute Gasteiger partial charge is 0.302 e. The topological polar surface area (TPSA) is 26.3 Å². The molecule has 0 heterocycles. The number of hydrogen-bond acceptors (Lipinski definition) is 2. The maximum Gasteiger partial charge on any atom is 0.302 e. The zero-order valence-electron chi connectivity index (χ0n) is 8.71. The number of ether oxygens (including phenoxy) is 1. The number of carbonyl (C=O) groups is 1. The van der Waals surface area contributed by atoms with Crippen molar-refractivity contribution < 1.29 is 9.53 Å². The van der Waals surface area contributed by atoms with E-state index in [9.17, 15) is 4.79 Å². The summed E-state index contributed by atoms with van der Waals surface area (Å²) in [4.78, 5) is 10.8. The molecule has 0 amide bonds. The average molecular weight is 184 g/mol. The molecule has 76 valence electrons. The van der Waals surface area contributed by atoms with Crippen LogP contribution in [0.2, 0.25) is 0 Å². The van der Waals surface area contributed by atoms with Crippen molar-refractivity contribution in [2.45, 2.75) is 58.5 Å². The molecule has 2 atom stereocenters. The van der Waals surface area contributed by atoms with Crippen molar-refractivity contribution in [3.05, 3.63) is 0 Å². The van der Waals surface area contributed by atoms with Crippen molar-refractivity contribution in [2.75, 3.05) is 0 Å². The van der Waals surface area contributed by atoms with Crippen LogP contribution in [0.25, 0.3) is 0 Å². The fraction of sp³-hybridized carbons (Fsp3) is 0.909. The Morgan fingerprint density at radius 3 is 2.38 bits per heavy atom. The van der Waals surface area contributed by atoms with Crippen molar-refractivity contribution in [3.63, 3.8) is 0 Å². The van der Waals surface area contributed by atoms with Crippen LogP contribution in [0.4, 0.5) is 0 Å². The minimum atomic E-state index is -0.127. The predicted octanol–water partition coefficient (Wildman–Crippen LogP) is 2.91. The molecule has 1 aliphatic carbocycles. The Kier molecular flexibility index (Phi) is 4.26. The first-order valence-corrected chi connectivity index (χ1v) is 5.37. The summed E-state index contributed by atoms with van der Waals surface area (Å²) in [6, 6.07) is 0. The quantitative estimate of drug-likeness (QED) is 0.586. The number of rotatable bonds is 1. The Labute approximate surface area is 80.7 Å². The van der Waals surface area contributed by atoms with Gasteiger partial charge < -0.3 is 4.74 Å². The van der Waals surface area contributed by atoms with Gasteiger partial charge in [0.15, 0.2) is 0 Å². The van der Waals surface area contributed by atoms with Crippen molar-refractivity contribution in [2.24, 2.45) is 5.92 Å². The van der Waals surface area contributed by atoms with Gasteiger partial charge in [-0.3, -0.25) is 4.79 Å². The summed E-state index contributed by atoms with van der Waals surface area (Å²) in [7, 11) is 0. The number of hydrogen-bond donors (Lipinski definition) is 0. The van der Waals surface area contributed by atoms with Gasteiger partial charge in [-0.25, -0.2) is 0 Å². The molecule has 0 radical (unpaired) electrons. The first kappa shape index (κ1) is 10.6. The maximum atomic E-state index is 10.8. The lowest BCUT2D eigenvalue weighted by molar-refractivity contribution is -0.149. The molecular formula is C11H20O2. The number of carbonyl (C=O) groups excluding carboxylic acids is 1. The highest BCUT2D eigenvalue weighted by Crippen LogP contribution is 2.24. The Morgan fingerprint density at radius 2 is 1.77 bits per heavy atom. The third kappa shape index (κ3) is 3.79.